The summed E-state index contributed by atoms with van der Waals surface area (Å²) in [7, 11) is 0. The Bertz CT molecular complexity index is 1510. The van der Waals surface area contributed by atoms with Gasteiger partial charge in [0.25, 0.3) is 5.91 Å². The molecular weight excluding hydrogens is 466 g/mol. The number of hydrogen-bond donors (Lipinski definition) is 3. The third-order valence-corrected chi connectivity index (χ3v) is 5.55. The lowest BCUT2D eigenvalue weighted by atomic mass is 10.1. The fourth-order valence-electron chi connectivity index (χ4n) is 3.57. The van der Waals surface area contributed by atoms with E-state index in [9.17, 15) is 9.59 Å². The topological polar surface area (TPSA) is 109 Å². The van der Waals surface area contributed by atoms with E-state index in [4.69, 9.17) is 4.42 Å². The average Bonchev–Trinajstić information content (AvgIpc) is 3.41. The van der Waals surface area contributed by atoms with Crippen molar-refractivity contribution in [2.45, 2.75) is 6.92 Å². The highest BCUT2D eigenvalue weighted by atomic mass is 16.4. The number of anilines is 3. The van der Waals surface area contributed by atoms with Crippen molar-refractivity contribution in [2.75, 3.05) is 16.0 Å². The van der Waals surface area contributed by atoms with Gasteiger partial charge in [-0.2, -0.15) is 0 Å². The Kier molecular flexibility index (Phi) is 6.72. The monoisotopic (exact) mass is 489 g/mol. The Morgan fingerprint density at radius 3 is 1.65 bits per heavy atom. The number of amides is 3. The maximum absolute atomic E-state index is 12.7. The van der Waals surface area contributed by atoms with Crippen LogP contribution < -0.4 is 16.0 Å². The summed E-state index contributed by atoms with van der Waals surface area (Å²) in [5.74, 6) is 0.550. The van der Waals surface area contributed by atoms with E-state index in [1.807, 2.05) is 49.4 Å². The lowest BCUT2D eigenvalue weighted by Gasteiger charge is -2.09. The lowest BCUT2D eigenvalue weighted by Crippen LogP contribution is -2.19. The average molecular weight is 490 g/mol. The summed E-state index contributed by atoms with van der Waals surface area (Å²) >= 11 is 0. The molecule has 1 aromatic heterocycles. The van der Waals surface area contributed by atoms with Crippen LogP contribution in [0, 0.1) is 6.92 Å². The standard InChI is InChI=1S/C29H23N5O3/c1-19-7-9-21(10-8-19)27-33-34-28(37-27)22-13-11-20(12-14-22)26(35)30-24-15-17-25(18-16-24)32-29(36)31-23-5-3-2-4-6-23/h2-18H,1H3,(H,30,35)(H2,31,32,36). The third kappa shape index (κ3) is 5.88. The van der Waals surface area contributed by atoms with Gasteiger partial charge in [0.15, 0.2) is 0 Å². The van der Waals surface area contributed by atoms with Crippen LogP contribution in [0.25, 0.3) is 22.9 Å². The SMILES string of the molecule is Cc1ccc(-c2nnc(-c3ccc(C(=O)Nc4ccc(NC(=O)Nc5ccccc5)cc4)cc3)o2)cc1. The number of urea groups is 1. The number of carbonyl (C=O) groups excluding carboxylic acids is 2. The fraction of sp³-hybridized carbons (Fsp3) is 0.0345. The van der Waals surface area contributed by atoms with Crippen LogP contribution in [0.1, 0.15) is 15.9 Å². The van der Waals surface area contributed by atoms with E-state index >= 15 is 0 Å². The van der Waals surface area contributed by atoms with Gasteiger partial charge < -0.3 is 20.4 Å². The molecule has 0 saturated carbocycles. The summed E-state index contributed by atoms with van der Waals surface area (Å²) in [6.45, 7) is 2.02. The van der Waals surface area contributed by atoms with E-state index in [1.54, 1.807) is 60.7 Å². The molecular formula is C29H23N5O3. The summed E-state index contributed by atoms with van der Waals surface area (Å²) in [6.07, 6.45) is 0. The van der Waals surface area contributed by atoms with Crippen molar-refractivity contribution in [1.29, 1.82) is 0 Å². The number of rotatable bonds is 6. The van der Waals surface area contributed by atoms with Crippen LogP contribution in [0.2, 0.25) is 0 Å². The number of para-hydroxylation sites is 1. The number of nitrogens with zero attached hydrogens (tertiary/aromatic N) is 2. The van der Waals surface area contributed by atoms with Crippen molar-refractivity contribution < 1.29 is 14.0 Å². The quantitative estimate of drug-likeness (QED) is 0.249. The number of nitrogens with one attached hydrogen (secondary N) is 3. The molecule has 3 amide bonds. The maximum atomic E-state index is 12.7. The zero-order valence-electron chi connectivity index (χ0n) is 19.9. The molecule has 5 aromatic rings. The molecule has 0 fully saturated rings. The third-order valence-electron chi connectivity index (χ3n) is 5.55. The predicted octanol–water partition coefficient (Wildman–Crippen LogP) is 6.61. The van der Waals surface area contributed by atoms with Gasteiger partial charge in [-0.25, -0.2) is 4.79 Å². The van der Waals surface area contributed by atoms with Gasteiger partial charge in [-0.15, -0.1) is 10.2 Å². The van der Waals surface area contributed by atoms with Crippen molar-refractivity contribution >= 4 is 29.0 Å². The molecule has 0 radical (unpaired) electrons. The van der Waals surface area contributed by atoms with Gasteiger partial charge in [-0.3, -0.25) is 4.79 Å². The highest BCUT2D eigenvalue weighted by Crippen LogP contribution is 2.24. The molecule has 5 rings (SSSR count). The molecule has 182 valence electrons. The zero-order chi connectivity index (χ0) is 25.6. The molecule has 0 unspecified atom stereocenters. The Balaban J connectivity index is 1.18. The Morgan fingerprint density at radius 1 is 0.595 bits per heavy atom. The predicted molar refractivity (Wildman–Crippen MR) is 143 cm³/mol. The molecule has 8 heteroatoms. The second kappa shape index (κ2) is 10.6. The molecule has 0 spiro atoms. The van der Waals surface area contributed by atoms with E-state index < -0.39 is 0 Å². The van der Waals surface area contributed by atoms with Gasteiger partial charge in [0.05, 0.1) is 0 Å². The minimum Gasteiger partial charge on any atom is -0.416 e. The summed E-state index contributed by atoms with van der Waals surface area (Å²) in [4.78, 5) is 24.8. The Hall–Kier alpha value is -5.24. The highest BCUT2D eigenvalue weighted by molar-refractivity contribution is 6.05. The van der Waals surface area contributed by atoms with Gasteiger partial charge in [0, 0.05) is 33.8 Å². The van der Waals surface area contributed by atoms with Crippen LogP contribution in [0.4, 0.5) is 21.9 Å². The second-order valence-corrected chi connectivity index (χ2v) is 8.33. The molecule has 0 atom stereocenters. The first-order chi connectivity index (χ1) is 18.0. The van der Waals surface area contributed by atoms with E-state index in [0.717, 1.165) is 11.1 Å². The summed E-state index contributed by atoms with van der Waals surface area (Å²) < 4.78 is 5.81. The number of hydrogen-bond acceptors (Lipinski definition) is 5. The van der Waals surface area contributed by atoms with Crippen molar-refractivity contribution in [1.82, 2.24) is 10.2 Å². The molecule has 37 heavy (non-hydrogen) atoms. The van der Waals surface area contributed by atoms with Crippen LogP contribution in [-0.4, -0.2) is 22.1 Å². The molecule has 0 bridgehead atoms. The second-order valence-electron chi connectivity index (χ2n) is 8.33. The minimum absolute atomic E-state index is 0.264. The zero-order valence-corrected chi connectivity index (χ0v) is 19.9. The first kappa shape index (κ1) is 23.5. The molecule has 1 heterocycles. The van der Waals surface area contributed by atoms with Crippen molar-refractivity contribution in [3.8, 4) is 22.9 Å². The highest BCUT2D eigenvalue weighted by Gasteiger charge is 2.12. The number of carbonyl (C=O) groups is 2. The molecule has 8 nitrogen and oxygen atoms in total. The first-order valence-electron chi connectivity index (χ1n) is 11.6. The minimum atomic E-state index is -0.352. The van der Waals surface area contributed by atoms with Gasteiger partial charge in [0.1, 0.15) is 0 Å². The molecule has 0 aliphatic rings. The van der Waals surface area contributed by atoms with E-state index in [-0.39, 0.29) is 11.9 Å². The lowest BCUT2D eigenvalue weighted by molar-refractivity contribution is 0.102. The Morgan fingerprint density at radius 2 is 1.08 bits per heavy atom. The van der Waals surface area contributed by atoms with E-state index in [1.165, 1.54) is 0 Å². The number of aryl methyl sites for hydroxylation is 1. The molecule has 0 saturated heterocycles. The summed E-state index contributed by atoms with van der Waals surface area (Å²) in [5.41, 5.74) is 5.08. The summed E-state index contributed by atoms with van der Waals surface area (Å²) in [6, 6.07) is 30.4. The van der Waals surface area contributed by atoms with E-state index in [0.29, 0.717) is 40.0 Å². The summed E-state index contributed by atoms with van der Waals surface area (Å²) in [5, 5.41) is 16.6. The van der Waals surface area contributed by atoms with Crippen LogP contribution in [0.15, 0.2) is 108 Å². The molecule has 0 aliphatic carbocycles. The van der Waals surface area contributed by atoms with Gasteiger partial charge in [-0.1, -0.05) is 35.9 Å². The number of aromatic nitrogens is 2. The van der Waals surface area contributed by atoms with Crippen molar-refractivity contribution in [3.05, 3.63) is 114 Å². The largest absolute Gasteiger partial charge is 0.416 e. The van der Waals surface area contributed by atoms with E-state index in [2.05, 4.69) is 26.1 Å². The van der Waals surface area contributed by atoms with Crippen LogP contribution in [0.5, 0.6) is 0 Å². The van der Waals surface area contributed by atoms with Crippen LogP contribution >= 0.6 is 0 Å². The molecule has 3 N–H and O–H groups in total. The smallest absolute Gasteiger partial charge is 0.323 e. The fourth-order valence-corrected chi connectivity index (χ4v) is 3.57. The molecule has 0 aliphatic heterocycles. The molecule has 4 aromatic carbocycles. The van der Waals surface area contributed by atoms with Gasteiger partial charge >= 0.3 is 6.03 Å². The normalized spacial score (nSPS) is 10.5. The number of benzene rings is 4. The van der Waals surface area contributed by atoms with Crippen LogP contribution in [0.3, 0.4) is 0 Å². The van der Waals surface area contributed by atoms with Gasteiger partial charge in [0.2, 0.25) is 11.8 Å². The first-order valence-corrected chi connectivity index (χ1v) is 11.6. The maximum Gasteiger partial charge on any atom is 0.323 e. The van der Waals surface area contributed by atoms with Crippen molar-refractivity contribution in [2.24, 2.45) is 0 Å². The van der Waals surface area contributed by atoms with Gasteiger partial charge in [-0.05, 0) is 79.7 Å². The Labute approximate surface area is 213 Å². The van der Waals surface area contributed by atoms with Crippen LogP contribution in [-0.2, 0) is 0 Å². The van der Waals surface area contributed by atoms with Crippen molar-refractivity contribution in [3.63, 3.8) is 0 Å².